The van der Waals surface area contributed by atoms with Gasteiger partial charge in [0.1, 0.15) is 11.6 Å². The van der Waals surface area contributed by atoms with Gasteiger partial charge >= 0.3 is 0 Å². The van der Waals surface area contributed by atoms with Gasteiger partial charge in [-0.1, -0.05) is 18.2 Å². The van der Waals surface area contributed by atoms with Crippen LogP contribution in [0.1, 0.15) is 6.42 Å². The molecule has 0 radical (unpaired) electrons. The molecule has 0 aliphatic heterocycles. The first kappa shape index (κ1) is 15.3. The first-order valence-electron chi connectivity index (χ1n) is 6.29. The summed E-state index contributed by atoms with van der Waals surface area (Å²) < 4.78 is 19.5. The summed E-state index contributed by atoms with van der Waals surface area (Å²) in [6.45, 7) is 0.159. The molecule has 6 heteroatoms. The first-order chi connectivity index (χ1) is 10.1. The van der Waals surface area contributed by atoms with Crippen LogP contribution in [-0.4, -0.2) is 12.5 Å². The van der Waals surface area contributed by atoms with Crippen molar-refractivity contribution >= 4 is 33.2 Å². The van der Waals surface area contributed by atoms with Gasteiger partial charge in [0, 0.05) is 4.47 Å². The zero-order valence-electron chi connectivity index (χ0n) is 11.1. The molecular weight excluding hydrogens is 339 g/mol. The molecule has 0 unspecified atom stereocenters. The third-order valence-corrected chi connectivity index (χ3v) is 3.39. The maximum Gasteiger partial charge on any atom is 0.227 e. The van der Waals surface area contributed by atoms with Crippen LogP contribution in [0.4, 0.5) is 15.8 Å². The molecule has 0 saturated heterocycles. The molecule has 2 aromatic rings. The number of carbonyl (C=O) groups is 1. The molecule has 21 heavy (non-hydrogen) atoms. The van der Waals surface area contributed by atoms with Gasteiger partial charge < -0.3 is 15.8 Å². The van der Waals surface area contributed by atoms with Crippen molar-refractivity contribution in [3.05, 3.63) is 52.8 Å². The second-order valence-corrected chi connectivity index (χ2v) is 5.14. The number of nitrogen functional groups attached to an aromatic ring is 1. The Labute approximate surface area is 130 Å². The van der Waals surface area contributed by atoms with Crippen molar-refractivity contribution in [2.75, 3.05) is 17.7 Å². The molecule has 0 aromatic heterocycles. The van der Waals surface area contributed by atoms with E-state index in [0.717, 1.165) is 0 Å². The van der Waals surface area contributed by atoms with Crippen LogP contribution in [0.5, 0.6) is 5.75 Å². The molecule has 0 aliphatic rings. The predicted molar refractivity (Wildman–Crippen MR) is 83.7 cm³/mol. The minimum absolute atomic E-state index is 0.0924. The van der Waals surface area contributed by atoms with Crippen LogP contribution in [0.3, 0.4) is 0 Å². The molecule has 0 spiro atoms. The van der Waals surface area contributed by atoms with Crippen LogP contribution in [0, 0.1) is 5.82 Å². The van der Waals surface area contributed by atoms with E-state index in [1.165, 1.54) is 6.07 Å². The molecule has 4 nitrogen and oxygen atoms in total. The number of carbonyl (C=O) groups excluding carboxylic acids is 1. The zero-order valence-corrected chi connectivity index (χ0v) is 12.7. The van der Waals surface area contributed by atoms with Crippen LogP contribution in [0.2, 0.25) is 0 Å². The van der Waals surface area contributed by atoms with E-state index < -0.39 is 5.82 Å². The lowest BCUT2D eigenvalue weighted by Gasteiger charge is -2.10. The van der Waals surface area contributed by atoms with E-state index in [1.807, 2.05) is 0 Å². The van der Waals surface area contributed by atoms with E-state index in [-0.39, 0.29) is 24.6 Å². The summed E-state index contributed by atoms with van der Waals surface area (Å²) in [6, 6.07) is 11.5. The number of hydrogen-bond donors (Lipinski definition) is 2. The van der Waals surface area contributed by atoms with E-state index >= 15 is 0 Å². The number of nitrogens with two attached hydrogens (primary N) is 1. The molecule has 3 N–H and O–H groups in total. The number of para-hydroxylation sites is 3. The monoisotopic (exact) mass is 352 g/mol. The van der Waals surface area contributed by atoms with E-state index in [0.29, 0.717) is 15.9 Å². The first-order valence-corrected chi connectivity index (χ1v) is 7.08. The highest BCUT2D eigenvalue weighted by molar-refractivity contribution is 9.10. The molecule has 1 amide bonds. The molecule has 0 heterocycles. The minimum atomic E-state index is -0.494. The number of rotatable bonds is 5. The third-order valence-electron chi connectivity index (χ3n) is 2.73. The number of amides is 1. The average molecular weight is 353 g/mol. The normalized spacial score (nSPS) is 10.2. The SMILES string of the molecule is Nc1ccccc1OCCC(=O)Nc1c(F)cccc1Br. The molecule has 0 aliphatic carbocycles. The zero-order chi connectivity index (χ0) is 15.2. The van der Waals surface area contributed by atoms with Crippen molar-refractivity contribution in [1.82, 2.24) is 0 Å². The Kier molecular flexibility index (Phi) is 5.16. The molecule has 0 fully saturated rings. The van der Waals surface area contributed by atoms with Gasteiger partial charge in [0.25, 0.3) is 0 Å². The Morgan fingerprint density at radius 2 is 2.00 bits per heavy atom. The molecule has 2 aromatic carbocycles. The second-order valence-electron chi connectivity index (χ2n) is 4.28. The van der Waals surface area contributed by atoms with Gasteiger partial charge in [-0.25, -0.2) is 4.39 Å². The van der Waals surface area contributed by atoms with Crippen molar-refractivity contribution in [2.45, 2.75) is 6.42 Å². The van der Waals surface area contributed by atoms with Gasteiger partial charge in [0.15, 0.2) is 0 Å². The number of hydrogen-bond acceptors (Lipinski definition) is 3. The standard InChI is InChI=1S/C15H14BrFN2O2/c16-10-4-3-5-11(17)15(10)19-14(20)8-9-21-13-7-2-1-6-12(13)18/h1-7H,8-9,18H2,(H,19,20). The van der Waals surface area contributed by atoms with Gasteiger partial charge in [-0.2, -0.15) is 0 Å². The Bertz CT molecular complexity index is 629. The fraction of sp³-hybridized carbons (Fsp3) is 0.133. The van der Waals surface area contributed by atoms with Crippen molar-refractivity contribution in [1.29, 1.82) is 0 Å². The van der Waals surface area contributed by atoms with Crippen LogP contribution in [-0.2, 0) is 4.79 Å². The Hall–Kier alpha value is -2.08. The van der Waals surface area contributed by atoms with Gasteiger partial charge in [-0.3, -0.25) is 4.79 Å². The van der Waals surface area contributed by atoms with E-state index in [4.69, 9.17) is 10.5 Å². The summed E-state index contributed by atoms with van der Waals surface area (Å²) >= 11 is 3.19. The average Bonchev–Trinajstić information content (AvgIpc) is 2.45. The van der Waals surface area contributed by atoms with Gasteiger partial charge in [-0.15, -0.1) is 0 Å². The number of halogens is 2. The van der Waals surface area contributed by atoms with E-state index in [9.17, 15) is 9.18 Å². The summed E-state index contributed by atoms with van der Waals surface area (Å²) in [5.74, 6) is -0.307. The maximum atomic E-state index is 13.6. The molecule has 2 rings (SSSR count). The summed E-state index contributed by atoms with van der Waals surface area (Å²) in [5, 5.41) is 2.51. The fourth-order valence-electron chi connectivity index (χ4n) is 1.68. The van der Waals surface area contributed by atoms with Crippen LogP contribution in [0.25, 0.3) is 0 Å². The summed E-state index contributed by atoms with van der Waals surface area (Å²) in [5.41, 5.74) is 6.36. The van der Waals surface area contributed by atoms with E-state index in [2.05, 4.69) is 21.2 Å². The van der Waals surface area contributed by atoms with E-state index in [1.54, 1.807) is 36.4 Å². The maximum absolute atomic E-state index is 13.6. The van der Waals surface area contributed by atoms with Crippen molar-refractivity contribution in [2.24, 2.45) is 0 Å². The highest BCUT2D eigenvalue weighted by atomic mass is 79.9. The highest BCUT2D eigenvalue weighted by Crippen LogP contribution is 2.25. The Morgan fingerprint density at radius 3 is 2.71 bits per heavy atom. The number of ether oxygens (including phenoxy) is 1. The summed E-state index contributed by atoms with van der Waals surface area (Å²) in [6.07, 6.45) is 0.0924. The molecule has 0 bridgehead atoms. The predicted octanol–water partition coefficient (Wildman–Crippen LogP) is 3.58. The highest BCUT2D eigenvalue weighted by Gasteiger charge is 2.10. The number of anilines is 2. The lowest BCUT2D eigenvalue weighted by Crippen LogP contribution is -2.16. The Morgan fingerprint density at radius 1 is 1.24 bits per heavy atom. The second kappa shape index (κ2) is 7.08. The van der Waals surface area contributed by atoms with Crippen molar-refractivity contribution < 1.29 is 13.9 Å². The van der Waals surface area contributed by atoms with Crippen LogP contribution in [0.15, 0.2) is 46.9 Å². The van der Waals surface area contributed by atoms with Crippen LogP contribution < -0.4 is 15.8 Å². The summed E-state index contributed by atoms with van der Waals surface area (Å²) in [7, 11) is 0. The Balaban J connectivity index is 1.87. The van der Waals surface area contributed by atoms with Crippen molar-refractivity contribution in [3.8, 4) is 5.75 Å². The molecule has 0 atom stereocenters. The molecular formula is C15H14BrFN2O2. The van der Waals surface area contributed by atoms with Gasteiger partial charge in [0.2, 0.25) is 5.91 Å². The quantitative estimate of drug-likeness (QED) is 0.808. The fourth-order valence-corrected chi connectivity index (χ4v) is 2.13. The number of benzene rings is 2. The number of nitrogens with one attached hydrogen (secondary N) is 1. The van der Waals surface area contributed by atoms with Gasteiger partial charge in [0.05, 0.1) is 24.4 Å². The minimum Gasteiger partial charge on any atom is -0.491 e. The lowest BCUT2D eigenvalue weighted by molar-refractivity contribution is -0.116. The van der Waals surface area contributed by atoms with Gasteiger partial charge in [-0.05, 0) is 40.2 Å². The topological polar surface area (TPSA) is 64.3 Å². The lowest BCUT2D eigenvalue weighted by atomic mass is 10.3. The summed E-state index contributed by atoms with van der Waals surface area (Å²) in [4.78, 5) is 11.8. The molecule has 110 valence electrons. The smallest absolute Gasteiger partial charge is 0.227 e. The van der Waals surface area contributed by atoms with Crippen LogP contribution >= 0.6 is 15.9 Å². The van der Waals surface area contributed by atoms with Crippen molar-refractivity contribution in [3.63, 3.8) is 0 Å². The molecule has 0 saturated carbocycles. The third kappa shape index (κ3) is 4.19. The largest absolute Gasteiger partial charge is 0.491 e.